The summed E-state index contributed by atoms with van der Waals surface area (Å²) in [6.45, 7) is 2.99. The Morgan fingerprint density at radius 3 is 2.64 bits per heavy atom. The molecule has 0 saturated carbocycles. The van der Waals surface area contributed by atoms with Crippen LogP contribution in [0.4, 0.5) is 5.82 Å². The molecular weight excluding hydrogens is 382 g/mol. The number of carbonyl (C=O) groups excluding carboxylic acids is 1. The normalized spacial score (nSPS) is 10.1. The Balaban J connectivity index is 0.000000878. The van der Waals surface area contributed by atoms with Crippen molar-refractivity contribution in [2.24, 2.45) is 0 Å². The van der Waals surface area contributed by atoms with Gasteiger partial charge in [0.15, 0.2) is 0 Å². The number of hydrogen-bond acceptors (Lipinski definition) is 4. The minimum absolute atomic E-state index is 0.0203. The maximum absolute atomic E-state index is 12.2. The fraction of sp³-hybridized carbons (Fsp3) is 0.263. The highest BCUT2D eigenvalue weighted by molar-refractivity contribution is 6.30. The van der Waals surface area contributed by atoms with Gasteiger partial charge >= 0.3 is 0 Å². The highest BCUT2D eigenvalue weighted by Gasteiger charge is 2.11. The molecule has 1 amide bonds. The van der Waals surface area contributed by atoms with Crippen molar-refractivity contribution >= 4 is 29.8 Å². The van der Waals surface area contributed by atoms with Crippen LogP contribution in [0.5, 0.6) is 0 Å². The van der Waals surface area contributed by atoms with Gasteiger partial charge in [-0.2, -0.15) is 10.2 Å². The molecular formula is C19H22ClN5O3. The number of amides is 1. The van der Waals surface area contributed by atoms with Gasteiger partial charge in [-0.25, -0.2) is 4.68 Å². The maximum Gasteiger partial charge on any atom is 0.290 e. The summed E-state index contributed by atoms with van der Waals surface area (Å²) >= 11 is 5.92. The number of hydrogen-bond donors (Lipinski definition) is 2. The number of aromatic nitrogens is 4. The average molecular weight is 404 g/mol. The van der Waals surface area contributed by atoms with Gasteiger partial charge in [0.2, 0.25) is 5.91 Å². The lowest BCUT2D eigenvalue weighted by Gasteiger charge is -2.10. The fourth-order valence-electron chi connectivity index (χ4n) is 2.55. The number of halogens is 1. The van der Waals surface area contributed by atoms with Gasteiger partial charge in [-0.3, -0.25) is 14.3 Å². The van der Waals surface area contributed by atoms with E-state index in [0.29, 0.717) is 18.0 Å². The molecule has 1 aromatic carbocycles. The summed E-state index contributed by atoms with van der Waals surface area (Å²) in [5.74, 6) is 0.715. The Labute approximate surface area is 167 Å². The first-order chi connectivity index (χ1) is 13.5. The molecule has 0 aliphatic heterocycles. The summed E-state index contributed by atoms with van der Waals surface area (Å²) in [6.07, 6.45) is 6.56. The van der Waals surface area contributed by atoms with E-state index < -0.39 is 0 Å². The van der Waals surface area contributed by atoms with Crippen LogP contribution in [0.3, 0.4) is 0 Å². The molecule has 0 spiro atoms. The fourth-order valence-corrected chi connectivity index (χ4v) is 2.68. The van der Waals surface area contributed by atoms with Crippen LogP contribution in [0.1, 0.15) is 24.0 Å². The Kier molecular flexibility index (Phi) is 8.23. The lowest BCUT2D eigenvalue weighted by atomic mass is 10.2. The van der Waals surface area contributed by atoms with Crippen LogP contribution in [0.2, 0.25) is 5.02 Å². The number of rotatable bonds is 7. The standard InChI is InChI=1S/C18H20ClN5O.CH2O2/c1-14-12-21-24(13-15-5-7-16(19)8-6-15)18(14)22-17(25)4-2-10-23-11-3-9-20-23;2-1-3/h3,5-9,11-12H,2,4,10,13H2,1H3,(H,22,25);1H,(H,2,3). The van der Waals surface area contributed by atoms with Gasteiger partial charge in [-0.15, -0.1) is 0 Å². The van der Waals surface area contributed by atoms with Crippen LogP contribution in [0.15, 0.2) is 48.9 Å². The van der Waals surface area contributed by atoms with E-state index in [-0.39, 0.29) is 12.4 Å². The smallest absolute Gasteiger partial charge is 0.290 e. The van der Waals surface area contributed by atoms with Gasteiger partial charge < -0.3 is 10.4 Å². The molecule has 0 atom stereocenters. The predicted molar refractivity (Wildman–Crippen MR) is 106 cm³/mol. The van der Waals surface area contributed by atoms with E-state index in [1.54, 1.807) is 17.1 Å². The third-order valence-corrected chi connectivity index (χ3v) is 4.13. The molecule has 0 bridgehead atoms. The molecule has 9 heteroatoms. The first kappa shape index (κ1) is 21.2. The Hall–Kier alpha value is -3.13. The molecule has 3 aromatic rings. The van der Waals surface area contributed by atoms with Gasteiger partial charge in [-0.1, -0.05) is 23.7 Å². The molecule has 28 heavy (non-hydrogen) atoms. The van der Waals surface area contributed by atoms with Crippen LogP contribution in [-0.2, 0) is 22.7 Å². The highest BCUT2D eigenvalue weighted by atomic mass is 35.5. The molecule has 2 aromatic heterocycles. The lowest BCUT2D eigenvalue weighted by Crippen LogP contribution is -2.17. The Morgan fingerprint density at radius 2 is 2.00 bits per heavy atom. The number of nitrogens with one attached hydrogen (secondary N) is 1. The first-order valence-electron chi connectivity index (χ1n) is 8.65. The summed E-state index contributed by atoms with van der Waals surface area (Å²) in [5.41, 5.74) is 2.01. The van der Waals surface area contributed by atoms with Crippen molar-refractivity contribution < 1.29 is 14.7 Å². The van der Waals surface area contributed by atoms with Crippen molar-refractivity contribution in [1.29, 1.82) is 0 Å². The van der Waals surface area contributed by atoms with Crippen molar-refractivity contribution in [3.8, 4) is 0 Å². The zero-order valence-corrected chi connectivity index (χ0v) is 16.2. The molecule has 0 fully saturated rings. The van der Waals surface area contributed by atoms with Crippen LogP contribution in [0, 0.1) is 6.92 Å². The van der Waals surface area contributed by atoms with Crippen LogP contribution in [0.25, 0.3) is 0 Å². The summed E-state index contributed by atoms with van der Waals surface area (Å²) in [5, 5.41) is 19.1. The molecule has 3 rings (SSSR count). The zero-order chi connectivity index (χ0) is 20.4. The van der Waals surface area contributed by atoms with E-state index in [1.165, 1.54) is 0 Å². The third kappa shape index (κ3) is 6.55. The number of carboxylic acid groups (broad SMARTS) is 1. The number of nitrogens with zero attached hydrogens (tertiary/aromatic N) is 4. The second-order valence-electron chi connectivity index (χ2n) is 5.99. The van der Waals surface area contributed by atoms with Crippen molar-refractivity contribution in [3.05, 3.63) is 65.1 Å². The number of carbonyl (C=O) groups is 2. The monoisotopic (exact) mass is 403 g/mol. The molecule has 0 aliphatic rings. The van der Waals surface area contributed by atoms with E-state index in [2.05, 4.69) is 15.5 Å². The largest absolute Gasteiger partial charge is 0.483 e. The van der Waals surface area contributed by atoms with E-state index in [1.807, 2.05) is 48.1 Å². The van der Waals surface area contributed by atoms with Gasteiger partial charge in [-0.05, 0) is 37.1 Å². The van der Waals surface area contributed by atoms with E-state index in [9.17, 15) is 4.79 Å². The number of benzene rings is 1. The molecule has 0 radical (unpaired) electrons. The Morgan fingerprint density at radius 1 is 1.29 bits per heavy atom. The molecule has 0 aliphatic carbocycles. The highest BCUT2D eigenvalue weighted by Crippen LogP contribution is 2.17. The summed E-state index contributed by atoms with van der Waals surface area (Å²) < 4.78 is 3.62. The molecule has 2 heterocycles. The molecule has 0 unspecified atom stereocenters. The van der Waals surface area contributed by atoms with Crippen molar-refractivity contribution in [3.63, 3.8) is 0 Å². The van der Waals surface area contributed by atoms with Crippen molar-refractivity contribution in [1.82, 2.24) is 19.6 Å². The van der Waals surface area contributed by atoms with Crippen LogP contribution in [-0.4, -0.2) is 37.0 Å². The van der Waals surface area contributed by atoms with Gasteiger partial charge in [0.25, 0.3) is 6.47 Å². The predicted octanol–water partition coefficient (Wildman–Crippen LogP) is 3.21. The lowest BCUT2D eigenvalue weighted by molar-refractivity contribution is -0.123. The second-order valence-corrected chi connectivity index (χ2v) is 6.42. The average Bonchev–Trinajstić information content (AvgIpc) is 3.30. The first-order valence-corrected chi connectivity index (χ1v) is 9.03. The number of anilines is 1. The van der Waals surface area contributed by atoms with Gasteiger partial charge in [0.05, 0.1) is 12.7 Å². The molecule has 8 nitrogen and oxygen atoms in total. The second kappa shape index (κ2) is 10.9. The van der Waals surface area contributed by atoms with Crippen LogP contribution < -0.4 is 5.32 Å². The van der Waals surface area contributed by atoms with Crippen LogP contribution >= 0.6 is 11.6 Å². The van der Waals surface area contributed by atoms with E-state index >= 15 is 0 Å². The topological polar surface area (TPSA) is 102 Å². The molecule has 148 valence electrons. The number of aryl methyl sites for hydroxylation is 2. The van der Waals surface area contributed by atoms with Gasteiger partial charge in [0, 0.05) is 35.9 Å². The summed E-state index contributed by atoms with van der Waals surface area (Å²) in [6, 6.07) is 9.48. The molecule has 2 N–H and O–H groups in total. The van der Waals surface area contributed by atoms with Crippen molar-refractivity contribution in [2.45, 2.75) is 32.9 Å². The van der Waals surface area contributed by atoms with E-state index in [0.717, 1.165) is 29.9 Å². The maximum atomic E-state index is 12.2. The zero-order valence-electron chi connectivity index (χ0n) is 15.5. The summed E-state index contributed by atoms with van der Waals surface area (Å²) in [4.78, 5) is 20.6. The molecule has 0 saturated heterocycles. The SMILES string of the molecule is Cc1cnn(Cc2ccc(Cl)cc2)c1NC(=O)CCCn1cccn1.O=CO. The Bertz CT molecular complexity index is 876. The van der Waals surface area contributed by atoms with Gasteiger partial charge in [0.1, 0.15) is 5.82 Å². The summed E-state index contributed by atoms with van der Waals surface area (Å²) in [7, 11) is 0. The van der Waals surface area contributed by atoms with E-state index in [4.69, 9.17) is 21.5 Å². The quantitative estimate of drug-likeness (QED) is 0.590. The van der Waals surface area contributed by atoms with Crippen molar-refractivity contribution in [2.75, 3.05) is 5.32 Å². The minimum atomic E-state index is -0.250. The third-order valence-electron chi connectivity index (χ3n) is 3.88. The minimum Gasteiger partial charge on any atom is -0.483 e.